The maximum Gasteiger partial charge on any atom is 0.188 e. The topological polar surface area (TPSA) is 46.0 Å². The van der Waals surface area contributed by atoms with Crippen LogP contribution in [0.2, 0.25) is 0 Å². The number of aliphatic hydroxyl groups is 1. The third kappa shape index (κ3) is 4.85. The summed E-state index contributed by atoms with van der Waals surface area (Å²) in [4.78, 5) is 8.51. The molecule has 0 atom stereocenters. The van der Waals surface area contributed by atoms with Gasteiger partial charge >= 0.3 is 0 Å². The van der Waals surface area contributed by atoms with E-state index in [-0.39, 0.29) is 12.4 Å². The van der Waals surface area contributed by atoms with Crippen LogP contribution in [0.4, 0.5) is 4.39 Å². The van der Waals surface area contributed by atoms with Crippen molar-refractivity contribution in [1.82, 2.24) is 9.97 Å². The highest BCUT2D eigenvalue weighted by Crippen LogP contribution is 2.22. The van der Waals surface area contributed by atoms with E-state index >= 15 is 0 Å². The summed E-state index contributed by atoms with van der Waals surface area (Å²) in [5.41, 5.74) is 2.48. The summed E-state index contributed by atoms with van der Waals surface area (Å²) in [6, 6.07) is 6.40. The molecule has 1 heterocycles. The second-order valence-electron chi connectivity index (χ2n) is 4.35. The number of thioether (sulfide) groups is 1. The third-order valence-corrected chi connectivity index (χ3v) is 3.57. The first-order chi connectivity index (χ1) is 10.2. The Morgan fingerprint density at radius 2 is 2.19 bits per heavy atom. The molecule has 0 aliphatic heterocycles. The van der Waals surface area contributed by atoms with Gasteiger partial charge in [0.25, 0.3) is 0 Å². The molecular formula is C16H15FN2OS. The predicted molar refractivity (Wildman–Crippen MR) is 81.3 cm³/mol. The molecule has 2 aromatic rings. The van der Waals surface area contributed by atoms with Crippen LogP contribution in [-0.2, 0) is 5.75 Å². The lowest BCUT2D eigenvalue weighted by Crippen LogP contribution is -1.93. The molecule has 0 aliphatic rings. The summed E-state index contributed by atoms with van der Waals surface area (Å²) in [6.07, 6.45) is 2.10. The fourth-order valence-corrected chi connectivity index (χ4v) is 2.52. The Morgan fingerprint density at radius 1 is 1.33 bits per heavy atom. The average molecular weight is 302 g/mol. The van der Waals surface area contributed by atoms with Crippen molar-refractivity contribution in [1.29, 1.82) is 0 Å². The van der Waals surface area contributed by atoms with Crippen LogP contribution in [0, 0.1) is 24.6 Å². The van der Waals surface area contributed by atoms with Crippen LogP contribution in [0.15, 0.2) is 35.6 Å². The zero-order valence-corrected chi connectivity index (χ0v) is 12.5. The second-order valence-corrected chi connectivity index (χ2v) is 5.29. The van der Waals surface area contributed by atoms with Gasteiger partial charge in [-0.3, -0.25) is 0 Å². The summed E-state index contributed by atoms with van der Waals surface area (Å²) >= 11 is 1.49. The Kier molecular flexibility index (Phi) is 5.73. The lowest BCUT2D eigenvalue weighted by molar-refractivity contribution is 0.305. The number of benzene rings is 1. The summed E-state index contributed by atoms with van der Waals surface area (Å²) in [7, 11) is 0. The highest BCUT2D eigenvalue weighted by molar-refractivity contribution is 7.98. The van der Waals surface area contributed by atoms with Crippen molar-refractivity contribution >= 4 is 11.8 Å². The van der Waals surface area contributed by atoms with Crippen molar-refractivity contribution in [3.63, 3.8) is 0 Å². The van der Waals surface area contributed by atoms with Crippen molar-refractivity contribution in [2.45, 2.75) is 24.3 Å². The molecule has 21 heavy (non-hydrogen) atoms. The molecule has 0 unspecified atom stereocenters. The molecular weight excluding hydrogens is 287 g/mol. The number of hydrogen-bond donors (Lipinski definition) is 1. The fraction of sp³-hybridized carbons (Fsp3) is 0.250. The molecule has 2 rings (SSSR count). The van der Waals surface area contributed by atoms with E-state index in [9.17, 15) is 4.39 Å². The van der Waals surface area contributed by atoms with Crippen LogP contribution >= 0.6 is 11.8 Å². The highest BCUT2D eigenvalue weighted by Gasteiger charge is 2.05. The van der Waals surface area contributed by atoms with Gasteiger partial charge in [0, 0.05) is 29.6 Å². The van der Waals surface area contributed by atoms with E-state index in [1.807, 2.05) is 13.0 Å². The van der Waals surface area contributed by atoms with Gasteiger partial charge in [-0.1, -0.05) is 29.7 Å². The predicted octanol–water partition coefficient (Wildman–Crippen LogP) is 2.95. The molecule has 0 radical (unpaired) electrons. The van der Waals surface area contributed by atoms with Gasteiger partial charge in [-0.15, -0.1) is 0 Å². The summed E-state index contributed by atoms with van der Waals surface area (Å²) in [5, 5.41) is 9.44. The molecule has 108 valence electrons. The van der Waals surface area contributed by atoms with Gasteiger partial charge in [-0.25, -0.2) is 14.4 Å². The number of aliphatic hydroxyl groups excluding tert-OH is 1. The molecule has 5 heteroatoms. The number of aromatic nitrogens is 2. The standard InChI is InChI=1S/C16H15FN2OS/c1-12-7-8-18-16(19-12)21-11-14-5-6-15(17)10-13(14)4-2-3-9-20/h5-8,10,20H,3,9,11H2,1H3. The molecule has 0 saturated heterocycles. The van der Waals surface area contributed by atoms with E-state index < -0.39 is 0 Å². The Labute approximate surface area is 127 Å². The normalized spacial score (nSPS) is 10.0. The molecule has 0 aliphatic carbocycles. The van der Waals surface area contributed by atoms with E-state index in [1.165, 1.54) is 23.9 Å². The lowest BCUT2D eigenvalue weighted by Gasteiger charge is -2.04. The smallest absolute Gasteiger partial charge is 0.188 e. The number of hydrogen-bond acceptors (Lipinski definition) is 4. The molecule has 1 aromatic carbocycles. The van der Waals surface area contributed by atoms with E-state index in [2.05, 4.69) is 21.8 Å². The molecule has 0 saturated carbocycles. The number of halogens is 1. The first-order valence-electron chi connectivity index (χ1n) is 6.49. The minimum absolute atomic E-state index is 0.00350. The summed E-state index contributed by atoms with van der Waals surface area (Å²) in [6.45, 7) is 1.92. The Balaban J connectivity index is 2.14. The molecule has 3 nitrogen and oxygen atoms in total. The third-order valence-electron chi connectivity index (χ3n) is 2.66. The van der Waals surface area contributed by atoms with Gasteiger partial charge in [-0.05, 0) is 30.7 Å². The van der Waals surface area contributed by atoms with Crippen molar-refractivity contribution in [2.24, 2.45) is 0 Å². The van der Waals surface area contributed by atoms with E-state index in [1.54, 1.807) is 12.3 Å². The molecule has 0 spiro atoms. The summed E-state index contributed by atoms with van der Waals surface area (Å²) in [5.74, 6) is 6.02. The quantitative estimate of drug-likeness (QED) is 0.536. The average Bonchev–Trinajstić information content (AvgIpc) is 2.47. The van der Waals surface area contributed by atoms with Gasteiger partial charge in [0.1, 0.15) is 5.82 Å². The van der Waals surface area contributed by atoms with Gasteiger partial charge < -0.3 is 5.11 Å². The number of aryl methyl sites for hydroxylation is 1. The maximum absolute atomic E-state index is 13.3. The van der Waals surface area contributed by atoms with Crippen LogP contribution in [-0.4, -0.2) is 21.7 Å². The Bertz CT molecular complexity index is 679. The van der Waals surface area contributed by atoms with E-state index in [0.717, 1.165) is 11.3 Å². The van der Waals surface area contributed by atoms with Crippen molar-refractivity contribution in [3.05, 3.63) is 53.1 Å². The first-order valence-corrected chi connectivity index (χ1v) is 7.48. The molecule has 1 aromatic heterocycles. The van der Waals surface area contributed by atoms with Gasteiger partial charge in [0.2, 0.25) is 0 Å². The number of nitrogens with zero attached hydrogens (tertiary/aromatic N) is 2. The van der Waals surface area contributed by atoms with Crippen LogP contribution in [0.3, 0.4) is 0 Å². The SMILES string of the molecule is Cc1ccnc(SCc2ccc(F)cc2C#CCCO)n1. The zero-order valence-electron chi connectivity index (χ0n) is 11.6. The largest absolute Gasteiger partial charge is 0.395 e. The first kappa shape index (κ1) is 15.5. The van der Waals surface area contributed by atoms with E-state index in [4.69, 9.17) is 5.11 Å². The molecule has 0 amide bonds. The van der Waals surface area contributed by atoms with Crippen LogP contribution in [0.25, 0.3) is 0 Å². The van der Waals surface area contributed by atoms with Crippen molar-refractivity contribution in [2.75, 3.05) is 6.61 Å². The number of rotatable bonds is 4. The van der Waals surface area contributed by atoms with Gasteiger partial charge in [0.15, 0.2) is 5.16 Å². The Hall–Kier alpha value is -1.90. The molecule has 0 bridgehead atoms. The van der Waals surface area contributed by atoms with Gasteiger partial charge in [-0.2, -0.15) is 0 Å². The van der Waals surface area contributed by atoms with Crippen LogP contribution < -0.4 is 0 Å². The zero-order chi connectivity index (χ0) is 15.1. The summed E-state index contributed by atoms with van der Waals surface area (Å²) < 4.78 is 13.3. The molecule has 0 fully saturated rings. The maximum atomic E-state index is 13.3. The van der Waals surface area contributed by atoms with Crippen molar-refractivity contribution in [3.8, 4) is 11.8 Å². The van der Waals surface area contributed by atoms with E-state index in [0.29, 0.717) is 22.9 Å². The minimum Gasteiger partial charge on any atom is -0.395 e. The fourth-order valence-electron chi connectivity index (χ4n) is 1.64. The van der Waals surface area contributed by atoms with Crippen molar-refractivity contribution < 1.29 is 9.50 Å². The Morgan fingerprint density at radius 3 is 2.95 bits per heavy atom. The monoisotopic (exact) mass is 302 g/mol. The van der Waals surface area contributed by atoms with Crippen LogP contribution in [0.1, 0.15) is 23.2 Å². The highest BCUT2D eigenvalue weighted by atomic mass is 32.2. The van der Waals surface area contributed by atoms with Crippen LogP contribution in [0.5, 0.6) is 0 Å². The lowest BCUT2D eigenvalue weighted by atomic mass is 10.1. The second kappa shape index (κ2) is 7.77. The van der Waals surface area contributed by atoms with Gasteiger partial charge in [0.05, 0.1) is 6.61 Å². The molecule has 1 N–H and O–H groups in total. The minimum atomic E-state index is -0.316.